The van der Waals surface area contributed by atoms with E-state index in [1.54, 1.807) is 13.0 Å². The predicted octanol–water partition coefficient (Wildman–Crippen LogP) is 2.99. The third-order valence-corrected chi connectivity index (χ3v) is 4.71. The number of carbonyl (C=O) groups excluding carboxylic acids is 1. The molecule has 0 atom stereocenters. The smallest absolute Gasteiger partial charge is 0.255 e. The van der Waals surface area contributed by atoms with Gasteiger partial charge in [-0.3, -0.25) is 4.79 Å². The Balaban J connectivity index is 2.34. The molecule has 132 valence electrons. The number of rotatable bonds is 6. The lowest BCUT2D eigenvalue weighted by Gasteiger charge is -2.10. The molecule has 0 spiro atoms. The number of halogens is 2. The van der Waals surface area contributed by atoms with E-state index >= 15 is 0 Å². The summed E-state index contributed by atoms with van der Waals surface area (Å²) < 4.78 is 53.8. The molecule has 2 aromatic carbocycles. The zero-order valence-corrected chi connectivity index (χ0v) is 14.2. The minimum absolute atomic E-state index is 0.0523. The average molecular weight is 366 g/mol. The van der Waals surface area contributed by atoms with Crippen LogP contribution in [0.25, 0.3) is 0 Å². The van der Waals surface area contributed by atoms with Crippen molar-refractivity contribution in [3.05, 3.63) is 71.8 Å². The zero-order valence-electron chi connectivity index (χ0n) is 13.3. The number of anilines is 1. The van der Waals surface area contributed by atoms with Gasteiger partial charge in [0, 0.05) is 12.1 Å². The molecule has 2 aromatic rings. The molecule has 0 fully saturated rings. The lowest BCUT2D eigenvalue weighted by molar-refractivity contribution is 0.102. The molecule has 25 heavy (non-hydrogen) atoms. The Morgan fingerprint density at radius 1 is 1.16 bits per heavy atom. The Morgan fingerprint density at radius 2 is 1.84 bits per heavy atom. The number of amides is 1. The highest BCUT2D eigenvalue weighted by atomic mass is 32.2. The Morgan fingerprint density at radius 3 is 2.52 bits per heavy atom. The van der Waals surface area contributed by atoms with Gasteiger partial charge in [0.2, 0.25) is 10.0 Å². The molecular formula is C17H16F2N2O3S. The first-order chi connectivity index (χ1) is 11.7. The van der Waals surface area contributed by atoms with Crippen molar-refractivity contribution >= 4 is 21.6 Å². The van der Waals surface area contributed by atoms with E-state index in [2.05, 4.69) is 16.6 Å². The molecule has 2 rings (SSSR count). The van der Waals surface area contributed by atoms with Gasteiger partial charge in [-0.1, -0.05) is 12.1 Å². The van der Waals surface area contributed by atoms with Gasteiger partial charge in [0.25, 0.3) is 5.91 Å². The SMILES string of the molecule is C=CCNS(=O)(=O)c1cc(C(=O)Nc2cc(C)ccc2F)ccc1F. The van der Waals surface area contributed by atoms with Gasteiger partial charge >= 0.3 is 0 Å². The minimum atomic E-state index is -4.15. The molecule has 0 aliphatic heterocycles. The number of carbonyl (C=O) groups is 1. The largest absolute Gasteiger partial charge is 0.319 e. The van der Waals surface area contributed by atoms with Crippen LogP contribution in [0.4, 0.5) is 14.5 Å². The van der Waals surface area contributed by atoms with Crippen molar-refractivity contribution in [2.75, 3.05) is 11.9 Å². The highest BCUT2D eigenvalue weighted by molar-refractivity contribution is 7.89. The summed E-state index contributed by atoms with van der Waals surface area (Å²) in [5.41, 5.74) is 0.553. The number of sulfonamides is 1. The van der Waals surface area contributed by atoms with Crippen molar-refractivity contribution in [2.24, 2.45) is 0 Å². The van der Waals surface area contributed by atoms with Crippen molar-refractivity contribution in [1.29, 1.82) is 0 Å². The quantitative estimate of drug-likeness (QED) is 0.772. The van der Waals surface area contributed by atoms with Crippen LogP contribution in [-0.2, 0) is 10.0 Å². The summed E-state index contributed by atoms with van der Waals surface area (Å²) in [6.07, 6.45) is 1.30. The third-order valence-electron chi connectivity index (χ3n) is 3.27. The van der Waals surface area contributed by atoms with Gasteiger partial charge in [-0.25, -0.2) is 21.9 Å². The fraction of sp³-hybridized carbons (Fsp3) is 0.118. The second-order valence-corrected chi connectivity index (χ2v) is 6.96. The molecule has 0 saturated heterocycles. The summed E-state index contributed by atoms with van der Waals surface area (Å²) in [7, 11) is -4.15. The fourth-order valence-corrected chi connectivity index (χ4v) is 3.13. The first-order valence-electron chi connectivity index (χ1n) is 7.22. The molecule has 5 nitrogen and oxygen atoms in total. The molecule has 0 heterocycles. The number of aryl methyl sites for hydroxylation is 1. The molecule has 0 unspecified atom stereocenters. The van der Waals surface area contributed by atoms with E-state index in [0.29, 0.717) is 0 Å². The Bertz CT molecular complexity index is 927. The lowest BCUT2D eigenvalue weighted by Crippen LogP contribution is -2.25. The topological polar surface area (TPSA) is 75.3 Å². The fourth-order valence-electron chi connectivity index (χ4n) is 2.03. The van der Waals surface area contributed by atoms with Gasteiger partial charge in [-0.2, -0.15) is 0 Å². The molecule has 0 saturated carbocycles. The van der Waals surface area contributed by atoms with Crippen LogP contribution < -0.4 is 10.0 Å². The van der Waals surface area contributed by atoms with Gasteiger partial charge in [0.05, 0.1) is 5.69 Å². The highest BCUT2D eigenvalue weighted by Gasteiger charge is 2.21. The third kappa shape index (κ3) is 4.49. The summed E-state index contributed by atoms with van der Waals surface area (Å²) in [4.78, 5) is 11.6. The van der Waals surface area contributed by atoms with Crippen molar-refractivity contribution in [1.82, 2.24) is 4.72 Å². The summed E-state index contributed by atoms with van der Waals surface area (Å²) in [5.74, 6) is -2.40. The van der Waals surface area contributed by atoms with Gasteiger partial charge in [0.1, 0.15) is 16.5 Å². The number of nitrogens with one attached hydrogen (secondary N) is 2. The molecule has 0 radical (unpaired) electrons. The molecule has 2 N–H and O–H groups in total. The van der Waals surface area contributed by atoms with Crippen molar-refractivity contribution < 1.29 is 22.0 Å². The average Bonchev–Trinajstić information content (AvgIpc) is 2.56. The van der Waals surface area contributed by atoms with Gasteiger partial charge in [0.15, 0.2) is 0 Å². The van der Waals surface area contributed by atoms with E-state index in [4.69, 9.17) is 0 Å². The van der Waals surface area contributed by atoms with Crippen LogP contribution in [0.2, 0.25) is 0 Å². The molecule has 8 heteroatoms. The molecule has 0 aromatic heterocycles. The molecular weight excluding hydrogens is 350 g/mol. The summed E-state index contributed by atoms with van der Waals surface area (Å²) >= 11 is 0. The Labute approximate surface area is 144 Å². The van der Waals surface area contributed by atoms with Crippen LogP contribution in [-0.4, -0.2) is 20.9 Å². The Hall–Kier alpha value is -2.58. The zero-order chi connectivity index (χ0) is 18.6. The second kappa shape index (κ2) is 7.54. The standard InChI is InChI=1S/C17H16F2N2O3S/c1-3-8-20-25(23,24)16-10-12(5-7-14(16)19)17(22)21-15-9-11(2)4-6-13(15)18/h3-7,9-10,20H,1,8H2,2H3,(H,21,22). The van der Waals surface area contributed by atoms with Gasteiger partial charge in [-0.05, 0) is 42.8 Å². The number of hydrogen-bond acceptors (Lipinski definition) is 3. The molecule has 0 aliphatic carbocycles. The first-order valence-corrected chi connectivity index (χ1v) is 8.70. The van der Waals surface area contributed by atoms with Crippen LogP contribution in [0, 0.1) is 18.6 Å². The summed E-state index contributed by atoms with van der Waals surface area (Å²) in [5, 5.41) is 2.34. The van der Waals surface area contributed by atoms with Crippen molar-refractivity contribution in [3.8, 4) is 0 Å². The van der Waals surface area contributed by atoms with Gasteiger partial charge < -0.3 is 5.32 Å². The van der Waals surface area contributed by atoms with E-state index in [0.717, 1.165) is 23.8 Å². The van der Waals surface area contributed by atoms with E-state index in [-0.39, 0.29) is 17.8 Å². The molecule has 1 amide bonds. The highest BCUT2D eigenvalue weighted by Crippen LogP contribution is 2.20. The van der Waals surface area contributed by atoms with E-state index < -0.39 is 32.5 Å². The summed E-state index contributed by atoms with van der Waals surface area (Å²) in [6.45, 7) is 5.00. The number of hydrogen-bond donors (Lipinski definition) is 2. The van der Waals surface area contributed by atoms with Crippen LogP contribution in [0.5, 0.6) is 0 Å². The molecule has 0 bridgehead atoms. The maximum Gasteiger partial charge on any atom is 0.255 e. The number of benzene rings is 2. The Kier molecular flexibility index (Phi) is 5.66. The monoisotopic (exact) mass is 366 g/mol. The molecule has 0 aliphatic rings. The minimum Gasteiger partial charge on any atom is -0.319 e. The second-order valence-electron chi connectivity index (χ2n) is 5.22. The lowest BCUT2D eigenvalue weighted by atomic mass is 10.2. The van der Waals surface area contributed by atoms with Gasteiger partial charge in [-0.15, -0.1) is 6.58 Å². The maximum absolute atomic E-state index is 13.9. The summed E-state index contributed by atoms with van der Waals surface area (Å²) in [6, 6.07) is 7.04. The van der Waals surface area contributed by atoms with E-state index in [9.17, 15) is 22.0 Å². The van der Waals surface area contributed by atoms with Crippen LogP contribution in [0.3, 0.4) is 0 Å². The van der Waals surface area contributed by atoms with Crippen molar-refractivity contribution in [2.45, 2.75) is 11.8 Å². The van der Waals surface area contributed by atoms with E-state index in [1.807, 2.05) is 0 Å². The van der Waals surface area contributed by atoms with E-state index in [1.165, 1.54) is 18.2 Å². The first kappa shape index (κ1) is 18.8. The normalized spacial score (nSPS) is 11.2. The van der Waals surface area contributed by atoms with Crippen molar-refractivity contribution in [3.63, 3.8) is 0 Å². The predicted molar refractivity (Wildman–Crippen MR) is 90.9 cm³/mol. The van der Waals surface area contributed by atoms with Crippen LogP contribution >= 0.6 is 0 Å². The van der Waals surface area contributed by atoms with Crippen LogP contribution in [0.15, 0.2) is 53.9 Å². The van der Waals surface area contributed by atoms with Crippen LogP contribution in [0.1, 0.15) is 15.9 Å². The maximum atomic E-state index is 13.9.